The van der Waals surface area contributed by atoms with Crippen molar-refractivity contribution in [1.29, 1.82) is 0 Å². The second kappa shape index (κ2) is 7.83. The van der Waals surface area contributed by atoms with Gasteiger partial charge in [-0.15, -0.1) is 10.2 Å². The first-order chi connectivity index (χ1) is 12.9. The van der Waals surface area contributed by atoms with Gasteiger partial charge in [-0.2, -0.15) is 0 Å². The van der Waals surface area contributed by atoms with Crippen LogP contribution in [0.3, 0.4) is 0 Å². The molecule has 0 aliphatic rings. The largest absolute Gasteiger partial charge is 0.331 e. The van der Waals surface area contributed by atoms with Crippen LogP contribution in [0.25, 0.3) is 10.9 Å². The van der Waals surface area contributed by atoms with Gasteiger partial charge in [0.2, 0.25) is 11.0 Å². The van der Waals surface area contributed by atoms with E-state index in [0.717, 1.165) is 16.0 Å². The van der Waals surface area contributed by atoms with Crippen molar-refractivity contribution in [2.45, 2.75) is 40.3 Å². The van der Waals surface area contributed by atoms with Gasteiger partial charge in [-0.05, 0) is 25.0 Å². The molecule has 0 unspecified atom stereocenters. The minimum atomic E-state index is -0.505. The van der Waals surface area contributed by atoms with Crippen molar-refractivity contribution < 1.29 is 4.79 Å². The maximum atomic E-state index is 12.7. The third kappa shape index (κ3) is 3.97. The van der Waals surface area contributed by atoms with Crippen LogP contribution in [-0.2, 0) is 24.3 Å². The number of carbonyl (C=O) groups excluding carboxylic acids is 1. The summed E-state index contributed by atoms with van der Waals surface area (Å²) in [5, 5.41) is 12.4. The van der Waals surface area contributed by atoms with Crippen molar-refractivity contribution in [3.63, 3.8) is 0 Å². The summed E-state index contributed by atoms with van der Waals surface area (Å²) in [6, 6.07) is 6.78. The first-order valence-electron chi connectivity index (χ1n) is 8.75. The van der Waals surface area contributed by atoms with Gasteiger partial charge in [0.1, 0.15) is 11.6 Å². The smallest absolute Gasteiger partial charge is 0.299 e. The number of anilines is 1. The van der Waals surface area contributed by atoms with E-state index in [1.807, 2.05) is 0 Å². The lowest BCUT2D eigenvalue weighted by molar-refractivity contribution is -0.116. The highest BCUT2D eigenvalue weighted by atomic mass is 32.1. The first kappa shape index (κ1) is 19.0. The quantitative estimate of drug-likeness (QED) is 0.696. The van der Waals surface area contributed by atoms with Crippen LogP contribution in [0.15, 0.2) is 33.9 Å². The van der Waals surface area contributed by atoms with Gasteiger partial charge in [0, 0.05) is 13.0 Å². The van der Waals surface area contributed by atoms with E-state index >= 15 is 0 Å². The molecule has 1 aromatic carbocycles. The van der Waals surface area contributed by atoms with Crippen LogP contribution in [-0.4, -0.2) is 25.2 Å². The second-order valence-electron chi connectivity index (χ2n) is 6.58. The molecule has 0 saturated heterocycles. The summed E-state index contributed by atoms with van der Waals surface area (Å²) in [7, 11) is 0. The molecule has 0 aliphatic carbocycles. The van der Waals surface area contributed by atoms with Crippen LogP contribution in [0.1, 0.15) is 25.8 Å². The summed E-state index contributed by atoms with van der Waals surface area (Å²) < 4.78 is 2.44. The van der Waals surface area contributed by atoms with Gasteiger partial charge in [-0.1, -0.05) is 37.3 Å². The van der Waals surface area contributed by atoms with Crippen molar-refractivity contribution in [3.05, 3.63) is 50.1 Å². The molecule has 0 fully saturated rings. The van der Waals surface area contributed by atoms with E-state index in [9.17, 15) is 14.4 Å². The van der Waals surface area contributed by atoms with E-state index in [4.69, 9.17) is 0 Å². The number of para-hydroxylation sites is 1. The van der Waals surface area contributed by atoms with E-state index in [1.165, 1.54) is 15.9 Å². The van der Waals surface area contributed by atoms with E-state index in [-0.39, 0.29) is 18.6 Å². The summed E-state index contributed by atoms with van der Waals surface area (Å²) in [5.74, 6) is 0.0531. The molecule has 3 rings (SSSR count). The van der Waals surface area contributed by atoms with Crippen LogP contribution in [0, 0.1) is 5.92 Å². The maximum Gasteiger partial charge on any atom is 0.331 e. The molecule has 9 heteroatoms. The number of nitrogens with zero attached hydrogens (tertiary/aromatic N) is 4. The molecule has 2 heterocycles. The van der Waals surface area contributed by atoms with Gasteiger partial charge in [0.25, 0.3) is 5.56 Å². The Morgan fingerprint density at radius 1 is 1.19 bits per heavy atom. The Balaban J connectivity index is 1.90. The molecular formula is C18H21N5O3S. The first-order valence-corrected chi connectivity index (χ1v) is 9.57. The van der Waals surface area contributed by atoms with Crippen molar-refractivity contribution in [2.24, 2.45) is 5.92 Å². The SMILES string of the molecule is CCn1c(=O)c2ccccc2n(CC(=O)Nc2nnc(CC(C)C)s2)c1=O. The van der Waals surface area contributed by atoms with E-state index in [2.05, 4.69) is 29.4 Å². The fourth-order valence-electron chi connectivity index (χ4n) is 2.84. The number of fused-ring (bicyclic) bond motifs is 1. The van der Waals surface area contributed by atoms with Crippen LogP contribution in [0.4, 0.5) is 5.13 Å². The molecule has 0 atom stereocenters. The molecule has 2 aromatic heterocycles. The summed E-state index contributed by atoms with van der Waals surface area (Å²) in [4.78, 5) is 37.6. The number of carbonyl (C=O) groups is 1. The Hall–Kier alpha value is -2.81. The van der Waals surface area contributed by atoms with E-state index in [1.54, 1.807) is 31.2 Å². The maximum absolute atomic E-state index is 12.7. The number of hydrogen-bond donors (Lipinski definition) is 1. The molecule has 0 radical (unpaired) electrons. The molecule has 0 aliphatic heterocycles. The Labute approximate surface area is 159 Å². The normalized spacial score (nSPS) is 11.3. The zero-order valence-corrected chi connectivity index (χ0v) is 16.2. The molecule has 8 nitrogen and oxygen atoms in total. The fourth-order valence-corrected chi connectivity index (χ4v) is 3.81. The van der Waals surface area contributed by atoms with Crippen LogP contribution in [0.2, 0.25) is 0 Å². The predicted molar refractivity (Wildman–Crippen MR) is 105 cm³/mol. The Morgan fingerprint density at radius 2 is 1.93 bits per heavy atom. The summed E-state index contributed by atoms with van der Waals surface area (Å²) >= 11 is 1.32. The third-order valence-electron chi connectivity index (χ3n) is 4.05. The van der Waals surface area contributed by atoms with E-state index in [0.29, 0.717) is 22.0 Å². The van der Waals surface area contributed by atoms with Crippen molar-refractivity contribution >= 4 is 33.3 Å². The number of rotatable bonds is 6. The van der Waals surface area contributed by atoms with Crippen molar-refractivity contribution in [1.82, 2.24) is 19.3 Å². The molecule has 1 amide bonds. The molecule has 142 valence electrons. The summed E-state index contributed by atoms with van der Waals surface area (Å²) in [5.41, 5.74) is -0.420. The minimum absolute atomic E-state index is 0.210. The Morgan fingerprint density at radius 3 is 2.63 bits per heavy atom. The third-order valence-corrected chi connectivity index (χ3v) is 4.91. The van der Waals surface area contributed by atoms with Crippen LogP contribution in [0.5, 0.6) is 0 Å². The lowest BCUT2D eigenvalue weighted by atomic mass is 10.1. The van der Waals surface area contributed by atoms with Gasteiger partial charge in [0.05, 0.1) is 10.9 Å². The molecule has 0 bridgehead atoms. The zero-order valence-electron chi connectivity index (χ0n) is 15.4. The number of hydrogen-bond acceptors (Lipinski definition) is 6. The molecule has 3 aromatic rings. The molecule has 0 spiro atoms. The number of amides is 1. The highest BCUT2D eigenvalue weighted by molar-refractivity contribution is 7.15. The zero-order chi connectivity index (χ0) is 19.6. The second-order valence-corrected chi connectivity index (χ2v) is 7.64. The Kier molecular flexibility index (Phi) is 5.50. The number of benzene rings is 1. The highest BCUT2D eigenvalue weighted by Gasteiger charge is 2.15. The number of nitrogens with one attached hydrogen (secondary N) is 1. The van der Waals surface area contributed by atoms with Gasteiger partial charge in [-0.3, -0.25) is 24.0 Å². The van der Waals surface area contributed by atoms with Crippen molar-refractivity contribution in [3.8, 4) is 0 Å². The molecule has 1 N–H and O–H groups in total. The average Bonchev–Trinajstić information content (AvgIpc) is 3.05. The predicted octanol–water partition coefficient (Wildman–Crippen LogP) is 1.87. The number of aromatic nitrogens is 4. The van der Waals surface area contributed by atoms with Crippen LogP contribution >= 0.6 is 11.3 Å². The minimum Gasteiger partial charge on any atom is -0.299 e. The topological polar surface area (TPSA) is 98.9 Å². The standard InChI is InChI=1S/C18H21N5O3S/c1-4-22-16(25)12-7-5-6-8-13(12)23(18(22)26)10-14(24)19-17-21-20-15(27-17)9-11(2)3/h5-8,11H,4,9-10H2,1-3H3,(H,19,21,24). The summed E-state index contributed by atoms with van der Waals surface area (Å²) in [6.07, 6.45) is 0.791. The molecular weight excluding hydrogens is 366 g/mol. The molecule has 27 heavy (non-hydrogen) atoms. The Bertz CT molecular complexity index is 1100. The fraction of sp³-hybridized carbons (Fsp3) is 0.389. The van der Waals surface area contributed by atoms with Gasteiger partial charge in [0.15, 0.2) is 0 Å². The van der Waals surface area contributed by atoms with Crippen LogP contribution < -0.4 is 16.6 Å². The molecule has 0 saturated carbocycles. The van der Waals surface area contributed by atoms with Gasteiger partial charge < -0.3 is 0 Å². The van der Waals surface area contributed by atoms with Crippen molar-refractivity contribution in [2.75, 3.05) is 5.32 Å². The van der Waals surface area contributed by atoms with E-state index < -0.39 is 11.6 Å². The van der Waals surface area contributed by atoms with Gasteiger partial charge >= 0.3 is 5.69 Å². The lowest BCUT2D eigenvalue weighted by Crippen LogP contribution is -2.41. The lowest BCUT2D eigenvalue weighted by Gasteiger charge is -2.12. The average molecular weight is 387 g/mol. The van der Waals surface area contributed by atoms with Gasteiger partial charge in [-0.25, -0.2) is 4.79 Å². The monoisotopic (exact) mass is 387 g/mol. The highest BCUT2D eigenvalue weighted by Crippen LogP contribution is 2.18. The summed E-state index contributed by atoms with van der Waals surface area (Å²) in [6.45, 7) is 5.91.